The summed E-state index contributed by atoms with van der Waals surface area (Å²) in [6.07, 6.45) is 0.563. The van der Waals surface area contributed by atoms with Crippen molar-refractivity contribution in [3.8, 4) is 5.75 Å². The highest BCUT2D eigenvalue weighted by Crippen LogP contribution is 2.31. The molecular formula is C16H17NO3. The van der Waals surface area contributed by atoms with Gasteiger partial charge in [0.25, 0.3) is 5.91 Å². The first kappa shape index (κ1) is 12.9. The second-order valence-corrected chi connectivity index (χ2v) is 5.66. The Bertz CT molecular complexity index is 678. The number of likely N-dealkylation sites (tertiary alicyclic amines) is 1. The fraction of sp³-hybridized carbons (Fsp3) is 0.312. The summed E-state index contributed by atoms with van der Waals surface area (Å²) in [4.78, 5) is 14.0. The summed E-state index contributed by atoms with van der Waals surface area (Å²) in [6, 6.07) is 10.9. The maximum Gasteiger partial charge on any atom is 0.257 e. The number of phenols is 1. The number of amides is 1. The lowest BCUT2D eigenvalue weighted by molar-refractivity contribution is 0.0570. The van der Waals surface area contributed by atoms with E-state index in [9.17, 15) is 15.0 Å². The summed E-state index contributed by atoms with van der Waals surface area (Å²) in [6.45, 7) is 2.54. The Labute approximate surface area is 117 Å². The second kappa shape index (κ2) is 4.49. The molecule has 20 heavy (non-hydrogen) atoms. The first-order valence-corrected chi connectivity index (χ1v) is 6.70. The number of aromatic hydroxyl groups is 1. The number of hydrogen-bond acceptors (Lipinski definition) is 3. The van der Waals surface area contributed by atoms with Gasteiger partial charge in [-0.15, -0.1) is 0 Å². The largest absolute Gasteiger partial charge is 0.506 e. The minimum absolute atomic E-state index is 0.0136. The van der Waals surface area contributed by atoms with Gasteiger partial charge in [0, 0.05) is 18.5 Å². The molecule has 2 aromatic carbocycles. The minimum atomic E-state index is -0.831. The van der Waals surface area contributed by atoms with Crippen LogP contribution >= 0.6 is 0 Å². The number of nitrogens with zero attached hydrogens (tertiary/aromatic N) is 1. The van der Waals surface area contributed by atoms with Gasteiger partial charge >= 0.3 is 0 Å². The zero-order chi connectivity index (χ0) is 14.3. The lowest BCUT2D eigenvalue weighted by Crippen LogP contribution is -2.33. The Morgan fingerprint density at radius 3 is 2.70 bits per heavy atom. The van der Waals surface area contributed by atoms with Gasteiger partial charge in [-0.2, -0.15) is 0 Å². The van der Waals surface area contributed by atoms with E-state index in [4.69, 9.17) is 0 Å². The molecule has 0 aromatic heterocycles. The number of carbonyl (C=O) groups excluding carboxylic acids is 1. The molecule has 1 aliphatic heterocycles. The lowest BCUT2D eigenvalue weighted by atomic mass is 10.0. The molecule has 3 rings (SSSR count). The Balaban J connectivity index is 1.98. The van der Waals surface area contributed by atoms with Crippen molar-refractivity contribution in [3.63, 3.8) is 0 Å². The van der Waals surface area contributed by atoms with Gasteiger partial charge in [-0.3, -0.25) is 4.79 Å². The van der Waals surface area contributed by atoms with E-state index >= 15 is 0 Å². The number of carbonyl (C=O) groups is 1. The van der Waals surface area contributed by atoms with Gasteiger partial charge in [0.15, 0.2) is 0 Å². The normalized spacial score (nSPS) is 22.4. The van der Waals surface area contributed by atoms with E-state index in [-0.39, 0.29) is 11.7 Å². The fourth-order valence-corrected chi connectivity index (χ4v) is 2.72. The predicted octanol–water partition coefficient (Wildman–Crippen LogP) is 2.14. The van der Waals surface area contributed by atoms with Gasteiger partial charge in [0.1, 0.15) is 5.75 Å². The molecule has 4 heteroatoms. The molecule has 1 fully saturated rings. The maximum atomic E-state index is 12.5. The number of β-amino-alcohol motifs (C(OH)–C–C–N with tert-alkyl or cyclic N) is 1. The number of aliphatic hydroxyl groups is 1. The molecule has 1 aliphatic rings. The Kier molecular flexibility index (Phi) is 2.91. The zero-order valence-electron chi connectivity index (χ0n) is 11.3. The molecule has 0 aliphatic carbocycles. The van der Waals surface area contributed by atoms with Crippen LogP contribution < -0.4 is 0 Å². The Morgan fingerprint density at radius 1 is 1.25 bits per heavy atom. The third-order valence-corrected chi connectivity index (χ3v) is 3.87. The van der Waals surface area contributed by atoms with E-state index in [0.717, 1.165) is 5.39 Å². The van der Waals surface area contributed by atoms with Crippen molar-refractivity contribution in [2.75, 3.05) is 13.1 Å². The number of benzene rings is 2. The summed E-state index contributed by atoms with van der Waals surface area (Å²) in [5.74, 6) is -0.217. The van der Waals surface area contributed by atoms with Crippen LogP contribution in [0.15, 0.2) is 36.4 Å². The highest BCUT2D eigenvalue weighted by molar-refractivity contribution is 6.03. The first-order chi connectivity index (χ1) is 9.48. The molecule has 4 nitrogen and oxygen atoms in total. The maximum absolute atomic E-state index is 12.5. The second-order valence-electron chi connectivity index (χ2n) is 5.66. The smallest absolute Gasteiger partial charge is 0.257 e. The molecule has 1 heterocycles. The van der Waals surface area contributed by atoms with Crippen LogP contribution in [0.2, 0.25) is 0 Å². The monoisotopic (exact) mass is 271 g/mol. The van der Waals surface area contributed by atoms with Crippen molar-refractivity contribution in [1.29, 1.82) is 0 Å². The molecule has 2 aromatic rings. The topological polar surface area (TPSA) is 60.8 Å². The van der Waals surface area contributed by atoms with Crippen molar-refractivity contribution in [2.45, 2.75) is 18.9 Å². The molecule has 104 valence electrons. The van der Waals surface area contributed by atoms with Gasteiger partial charge in [-0.1, -0.05) is 30.3 Å². The third-order valence-electron chi connectivity index (χ3n) is 3.87. The van der Waals surface area contributed by atoms with Crippen LogP contribution in [0.3, 0.4) is 0 Å². The van der Waals surface area contributed by atoms with Gasteiger partial charge in [0.05, 0.1) is 11.2 Å². The van der Waals surface area contributed by atoms with E-state index in [1.165, 1.54) is 0 Å². The zero-order valence-corrected chi connectivity index (χ0v) is 11.3. The summed E-state index contributed by atoms with van der Waals surface area (Å²) in [5.41, 5.74) is -0.538. The molecule has 1 amide bonds. The van der Waals surface area contributed by atoms with Crippen LogP contribution in [0.25, 0.3) is 10.8 Å². The molecule has 0 radical (unpaired) electrons. The van der Waals surface area contributed by atoms with Crippen LogP contribution in [-0.4, -0.2) is 39.7 Å². The van der Waals surface area contributed by atoms with Crippen LogP contribution in [0.5, 0.6) is 5.75 Å². The quantitative estimate of drug-likeness (QED) is 0.835. The van der Waals surface area contributed by atoms with E-state index < -0.39 is 5.60 Å². The Morgan fingerprint density at radius 2 is 2.00 bits per heavy atom. The number of phenolic OH excluding ortho intramolecular Hbond substituents is 1. The highest BCUT2D eigenvalue weighted by atomic mass is 16.3. The van der Waals surface area contributed by atoms with Crippen LogP contribution in [0, 0.1) is 0 Å². The van der Waals surface area contributed by atoms with E-state index in [1.807, 2.05) is 24.3 Å². The van der Waals surface area contributed by atoms with E-state index in [1.54, 1.807) is 24.0 Å². The lowest BCUT2D eigenvalue weighted by Gasteiger charge is -2.19. The Hall–Kier alpha value is -2.07. The van der Waals surface area contributed by atoms with Gasteiger partial charge in [-0.05, 0) is 24.8 Å². The van der Waals surface area contributed by atoms with Crippen LogP contribution in [0.1, 0.15) is 23.7 Å². The molecule has 1 saturated heterocycles. The van der Waals surface area contributed by atoms with Crippen molar-refractivity contribution in [1.82, 2.24) is 4.90 Å². The fourth-order valence-electron chi connectivity index (χ4n) is 2.72. The van der Waals surface area contributed by atoms with Crippen molar-refractivity contribution < 1.29 is 15.0 Å². The highest BCUT2D eigenvalue weighted by Gasteiger charge is 2.35. The van der Waals surface area contributed by atoms with Gasteiger partial charge < -0.3 is 15.1 Å². The standard InChI is InChI=1S/C16H17NO3/c1-16(20)8-9-17(10-16)15(19)13-7-6-11-4-2-3-5-12(11)14(13)18/h2-7,18,20H,8-10H2,1H3. The average Bonchev–Trinajstić information content (AvgIpc) is 2.79. The molecule has 2 N–H and O–H groups in total. The summed E-state index contributed by atoms with van der Waals surface area (Å²) in [5, 5.41) is 21.8. The summed E-state index contributed by atoms with van der Waals surface area (Å²) in [7, 11) is 0. The summed E-state index contributed by atoms with van der Waals surface area (Å²) >= 11 is 0. The third kappa shape index (κ3) is 2.12. The number of hydrogen-bond donors (Lipinski definition) is 2. The van der Waals surface area contributed by atoms with Crippen molar-refractivity contribution in [3.05, 3.63) is 42.0 Å². The molecule has 1 unspecified atom stereocenters. The number of fused-ring (bicyclic) bond motifs is 1. The van der Waals surface area contributed by atoms with Crippen LogP contribution in [0.4, 0.5) is 0 Å². The van der Waals surface area contributed by atoms with Crippen molar-refractivity contribution in [2.24, 2.45) is 0 Å². The minimum Gasteiger partial charge on any atom is -0.506 e. The van der Waals surface area contributed by atoms with E-state index in [0.29, 0.717) is 30.5 Å². The SMILES string of the molecule is CC1(O)CCN(C(=O)c2ccc3ccccc3c2O)C1. The molecular weight excluding hydrogens is 254 g/mol. The first-order valence-electron chi connectivity index (χ1n) is 6.70. The average molecular weight is 271 g/mol. The molecule has 1 atom stereocenters. The molecule has 0 spiro atoms. The van der Waals surface area contributed by atoms with E-state index in [2.05, 4.69) is 0 Å². The van der Waals surface area contributed by atoms with Gasteiger partial charge in [0.2, 0.25) is 0 Å². The predicted molar refractivity (Wildman–Crippen MR) is 76.8 cm³/mol. The van der Waals surface area contributed by atoms with Crippen LogP contribution in [-0.2, 0) is 0 Å². The van der Waals surface area contributed by atoms with Crippen molar-refractivity contribution >= 4 is 16.7 Å². The molecule has 0 bridgehead atoms. The molecule has 0 saturated carbocycles. The summed E-state index contributed by atoms with van der Waals surface area (Å²) < 4.78 is 0. The number of rotatable bonds is 1. The van der Waals surface area contributed by atoms with Gasteiger partial charge in [-0.25, -0.2) is 0 Å².